The number of rotatable bonds is 3. The number of H-pyrrole nitrogens is 1. The average molecular weight is 395 g/mol. The van der Waals surface area contributed by atoms with Gasteiger partial charge in [-0.2, -0.15) is 13.9 Å². The number of anilines is 1. The largest absolute Gasteiger partial charge is 0.435 e. The summed E-state index contributed by atoms with van der Waals surface area (Å²) in [6.07, 6.45) is 1.56. The van der Waals surface area contributed by atoms with Gasteiger partial charge in [0.05, 0.1) is 38.9 Å². The van der Waals surface area contributed by atoms with Crippen LogP contribution in [-0.2, 0) is 0 Å². The third kappa shape index (κ3) is 3.00. The van der Waals surface area contributed by atoms with Gasteiger partial charge in [-0.1, -0.05) is 29.3 Å². The molecule has 0 saturated heterocycles. The van der Waals surface area contributed by atoms with Crippen molar-refractivity contribution in [2.45, 2.75) is 6.61 Å². The second-order valence-electron chi connectivity index (χ2n) is 5.40. The first-order valence-corrected chi connectivity index (χ1v) is 8.21. The Bertz CT molecular complexity index is 999. The van der Waals surface area contributed by atoms with E-state index >= 15 is 0 Å². The summed E-state index contributed by atoms with van der Waals surface area (Å²) in [5, 5.41) is 10.8. The number of halogens is 4. The van der Waals surface area contributed by atoms with Crippen molar-refractivity contribution in [2.24, 2.45) is 4.99 Å². The molecule has 26 heavy (non-hydrogen) atoms. The predicted molar refractivity (Wildman–Crippen MR) is 96.9 cm³/mol. The molecule has 0 aliphatic carbocycles. The zero-order valence-corrected chi connectivity index (χ0v) is 14.4. The molecule has 9 heteroatoms. The molecule has 2 heterocycles. The Kier molecular flexibility index (Phi) is 4.26. The SMILES string of the molecule is FC(F)Oc1ccc2c(c1)-c1[nH]ncc1NC(c1c(Cl)cccc1Cl)=N2. The third-order valence-electron chi connectivity index (χ3n) is 3.79. The molecule has 0 unspecified atom stereocenters. The quantitative estimate of drug-likeness (QED) is 0.617. The fourth-order valence-electron chi connectivity index (χ4n) is 2.69. The number of benzene rings is 2. The molecule has 2 aromatic carbocycles. The lowest BCUT2D eigenvalue weighted by Gasteiger charge is -2.11. The van der Waals surface area contributed by atoms with E-state index in [2.05, 4.69) is 25.2 Å². The van der Waals surface area contributed by atoms with Crippen molar-refractivity contribution in [3.63, 3.8) is 0 Å². The summed E-state index contributed by atoms with van der Waals surface area (Å²) in [5.74, 6) is 0.443. The van der Waals surface area contributed by atoms with Crippen LogP contribution in [0.3, 0.4) is 0 Å². The first kappa shape index (κ1) is 16.8. The van der Waals surface area contributed by atoms with Crippen LogP contribution in [0.4, 0.5) is 20.2 Å². The number of nitrogens with zero attached hydrogens (tertiary/aromatic N) is 2. The van der Waals surface area contributed by atoms with Gasteiger partial charge in [0.25, 0.3) is 0 Å². The number of aromatic nitrogens is 2. The average Bonchev–Trinajstić information content (AvgIpc) is 2.98. The lowest BCUT2D eigenvalue weighted by Crippen LogP contribution is -2.13. The maximum absolute atomic E-state index is 12.5. The Morgan fingerprint density at radius 2 is 1.85 bits per heavy atom. The number of amidine groups is 1. The van der Waals surface area contributed by atoms with E-state index < -0.39 is 6.61 Å². The third-order valence-corrected chi connectivity index (χ3v) is 4.42. The number of aromatic amines is 1. The number of nitrogens with one attached hydrogen (secondary N) is 2. The van der Waals surface area contributed by atoms with Crippen LogP contribution in [-0.4, -0.2) is 22.6 Å². The lowest BCUT2D eigenvalue weighted by molar-refractivity contribution is -0.0498. The summed E-state index contributed by atoms with van der Waals surface area (Å²) >= 11 is 12.6. The van der Waals surface area contributed by atoms with Gasteiger partial charge in [0.15, 0.2) is 0 Å². The molecule has 2 N–H and O–H groups in total. The fraction of sp³-hybridized carbons (Fsp3) is 0.0588. The predicted octanol–water partition coefficient (Wildman–Crippen LogP) is 5.49. The standard InChI is InChI=1S/C17H10Cl2F2N4O/c18-10-2-1-3-11(19)14(10)16-23-12-5-4-8(26-17(20)21)6-9(12)15-13(24-16)7-22-25-15/h1-7,17H,(H,22,25)(H,23,24). The van der Waals surface area contributed by atoms with E-state index in [1.54, 1.807) is 30.5 Å². The van der Waals surface area contributed by atoms with Crippen LogP contribution in [0.25, 0.3) is 11.3 Å². The Labute approximate surface area is 156 Å². The Balaban J connectivity index is 1.90. The number of ether oxygens (including phenoxy) is 1. The molecule has 1 aliphatic rings. The molecular formula is C17H10Cl2F2N4O. The van der Waals surface area contributed by atoms with Crippen molar-refractivity contribution in [2.75, 3.05) is 5.32 Å². The van der Waals surface area contributed by atoms with Crippen molar-refractivity contribution < 1.29 is 13.5 Å². The van der Waals surface area contributed by atoms with Gasteiger partial charge in [0.2, 0.25) is 0 Å². The van der Waals surface area contributed by atoms with Crippen molar-refractivity contribution in [3.8, 4) is 17.0 Å². The monoisotopic (exact) mass is 394 g/mol. The van der Waals surface area contributed by atoms with Gasteiger partial charge >= 0.3 is 6.61 Å². The fourth-order valence-corrected chi connectivity index (χ4v) is 3.27. The molecule has 0 atom stereocenters. The first-order valence-electron chi connectivity index (χ1n) is 7.45. The van der Waals surface area contributed by atoms with E-state index in [4.69, 9.17) is 23.2 Å². The van der Waals surface area contributed by atoms with Gasteiger partial charge in [0.1, 0.15) is 11.6 Å². The number of hydrogen-bond acceptors (Lipinski definition) is 4. The van der Waals surface area contributed by atoms with Crippen LogP contribution in [0, 0.1) is 0 Å². The highest BCUT2D eigenvalue weighted by Crippen LogP contribution is 2.40. The van der Waals surface area contributed by atoms with Crippen LogP contribution in [0.15, 0.2) is 47.6 Å². The molecule has 1 aliphatic heterocycles. The van der Waals surface area contributed by atoms with Crippen LogP contribution < -0.4 is 10.1 Å². The second-order valence-corrected chi connectivity index (χ2v) is 6.21. The van der Waals surface area contributed by atoms with Gasteiger partial charge in [-0.25, -0.2) is 4.99 Å². The van der Waals surface area contributed by atoms with E-state index in [0.717, 1.165) is 0 Å². The highest BCUT2D eigenvalue weighted by atomic mass is 35.5. The summed E-state index contributed by atoms with van der Waals surface area (Å²) in [5.41, 5.74) is 2.80. The lowest BCUT2D eigenvalue weighted by atomic mass is 10.1. The topological polar surface area (TPSA) is 62.3 Å². The van der Waals surface area contributed by atoms with Crippen LogP contribution in [0.5, 0.6) is 5.75 Å². The molecule has 3 aromatic rings. The molecule has 0 spiro atoms. The smallest absolute Gasteiger partial charge is 0.387 e. The zero-order chi connectivity index (χ0) is 18.3. The summed E-state index contributed by atoms with van der Waals surface area (Å²) in [6, 6.07) is 9.61. The van der Waals surface area contributed by atoms with E-state index in [9.17, 15) is 8.78 Å². The number of alkyl halides is 2. The van der Waals surface area contributed by atoms with Crippen LogP contribution in [0.2, 0.25) is 10.0 Å². The number of aliphatic imine (C=N–C) groups is 1. The molecule has 4 rings (SSSR count). The van der Waals surface area contributed by atoms with Crippen LogP contribution in [0.1, 0.15) is 5.56 Å². The molecule has 132 valence electrons. The molecule has 0 radical (unpaired) electrons. The Morgan fingerprint density at radius 1 is 1.08 bits per heavy atom. The molecule has 0 amide bonds. The van der Waals surface area contributed by atoms with Crippen molar-refractivity contribution in [3.05, 3.63) is 58.2 Å². The summed E-state index contributed by atoms with van der Waals surface area (Å²) < 4.78 is 29.5. The van der Waals surface area contributed by atoms with Crippen molar-refractivity contribution >= 4 is 40.4 Å². The Morgan fingerprint density at radius 3 is 2.58 bits per heavy atom. The number of fused-ring (bicyclic) bond motifs is 3. The van der Waals surface area contributed by atoms with Gasteiger partial charge in [-0.3, -0.25) is 5.10 Å². The maximum atomic E-state index is 12.5. The normalized spacial score (nSPS) is 12.7. The van der Waals surface area contributed by atoms with E-state index in [1.165, 1.54) is 12.1 Å². The van der Waals surface area contributed by atoms with Gasteiger partial charge in [-0.15, -0.1) is 0 Å². The van der Waals surface area contributed by atoms with Crippen molar-refractivity contribution in [1.29, 1.82) is 0 Å². The maximum Gasteiger partial charge on any atom is 0.387 e. The zero-order valence-electron chi connectivity index (χ0n) is 12.9. The molecule has 0 saturated carbocycles. The first-order chi connectivity index (χ1) is 12.5. The summed E-state index contributed by atoms with van der Waals surface area (Å²) in [7, 11) is 0. The van der Waals surface area contributed by atoms with Crippen molar-refractivity contribution in [1.82, 2.24) is 10.2 Å². The molecule has 0 bridgehead atoms. The molecule has 5 nitrogen and oxygen atoms in total. The highest BCUT2D eigenvalue weighted by molar-refractivity contribution is 6.41. The highest BCUT2D eigenvalue weighted by Gasteiger charge is 2.22. The summed E-state index contributed by atoms with van der Waals surface area (Å²) in [6.45, 7) is -2.92. The minimum absolute atomic E-state index is 0.0220. The van der Waals surface area contributed by atoms with E-state index in [0.29, 0.717) is 44.1 Å². The van der Waals surface area contributed by atoms with Crippen LogP contribution >= 0.6 is 23.2 Å². The van der Waals surface area contributed by atoms with Gasteiger partial charge < -0.3 is 10.1 Å². The second kappa shape index (κ2) is 6.59. The molecular weight excluding hydrogens is 385 g/mol. The van der Waals surface area contributed by atoms with E-state index in [1.807, 2.05) is 0 Å². The minimum atomic E-state index is -2.92. The minimum Gasteiger partial charge on any atom is -0.435 e. The summed E-state index contributed by atoms with van der Waals surface area (Å²) in [4.78, 5) is 4.58. The van der Waals surface area contributed by atoms with Gasteiger partial charge in [-0.05, 0) is 30.3 Å². The van der Waals surface area contributed by atoms with E-state index in [-0.39, 0.29) is 5.75 Å². The van der Waals surface area contributed by atoms with Gasteiger partial charge in [0, 0.05) is 5.56 Å². The molecule has 1 aromatic heterocycles. The number of hydrogen-bond donors (Lipinski definition) is 2. The Hall–Kier alpha value is -2.64. The molecule has 0 fully saturated rings.